The van der Waals surface area contributed by atoms with Crippen LogP contribution in [-0.2, 0) is 6.54 Å². The lowest BCUT2D eigenvalue weighted by Crippen LogP contribution is -2.25. The molecule has 0 bridgehead atoms. The van der Waals surface area contributed by atoms with Crippen LogP contribution in [0.5, 0.6) is 5.75 Å². The average molecular weight is 291 g/mol. The van der Waals surface area contributed by atoms with Gasteiger partial charge in [-0.2, -0.15) is 0 Å². The van der Waals surface area contributed by atoms with Crippen LogP contribution in [0.4, 0.5) is 0 Å². The molecule has 0 atom stereocenters. The zero-order chi connectivity index (χ0) is 15.2. The first-order valence-electron chi connectivity index (χ1n) is 8.32. The summed E-state index contributed by atoms with van der Waals surface area (Å²) in [6.45, 7) is 9.27. The van der Waals surface area contributed by atoms with Crippen LogP contribution in [0.3, 0.4) is 0 Å². The van der Waals surface area contributed by atoms with Gasteiger partial charge in [-0.3, -0.25) is 0 Å². The smallest absolute Gasteiger partial charge is 0.160 e. The maximum atomic E-state index is 6.19. The summed E-state index contributed by atoms with van der Waals surface area (Å²) in [7, 11) is 0. The molecule has 1 N–H and O–H groups in total. The van der Waals surface area contributed by atoms with Crippen molar-refractivity contribution in [1.29, 1.82) is 0 Å². The Balaban J connectivity index is 2.12. The molecule has 0 aromatic carbocycles. The molecule has 1 heterocycles. The molecular weight excluding hydrogens is 262 g/mol. The minimum Gasteiger partial charge on any atom is -0.487 e. The fourth-order valence-corrected chi connectivity index (χ4v) is 2.59. The van der Waals surface area contributed by atoms with Gasteiger partial charge in [-0.25, -0.2) is 9.97 Å². The Hall–Kier alpha value is -1.16. The van der Waals surface area contributed by atoms with Crippen LogP contribution in [0, 0.1) is 0 Å². The molecule has 1 fully saturated rings. The van der Waals surface area contributed by atoms with E-state index < -0.39 is 0 Å². The molecular formula is C17H29N3O. The van der Waals surface area contributed by atoms with Crippen LogP contribution in [0.1, 0.15) is 77.2 Å². The quantitative estimate of drug-likeness (QED) is 0.865. The van der Waals surface area contributed by atoms with Gasteiger partial charge in [-0.15, -0.1) is 0 Å². The zero-order valence-electron chi connectivity index (χ0n) is 13.9. The summed E-state index contributed by atoms with van der Waals surface area (Å²) < 4.78 is 6.19. The fraction of sp³-hybridized carbons (Fsp3) is 0.765. The Morgan fingerprint density at radius 1 is 1.19 bits per heavy atom. The number of hydrogen-bond donors (Lipinski definition) is 1. The van der Waals surface area contributed by atoms with Crippen LogP contribution in [-0.4, -0.2) is 22.1 Å². The van der Waals surface area contributed by atoms with E-state index in [4.69, 9.17) is 9.72 Å². The number of aromatic nitrogens is 2. The number of nitrogens with zero attached hydrogens (tertiary/aromatic N) is 2. The van der Waals surface area contributed by atoms with Gasteiger partial charge in [0.2, 0.25) is 0 Å². The molecule has 1 aliphatic rings. The Morgan fingerprint density at radius 2 is 1.90 bits per heavy atom. The van der Waals surface area contributed by atoms with E-state index in [1.807, 2.05) is 6.20 Å². The van der Waals surface area contributed by atoms with Gasteiger partial charge in [0.05, 0.1) is 18.0 Å². The summed E-state index contributed by atoms with van der Waals surface area (Å²) in [6.07, 6.45) is 8.40. The Bertz CT molecular complexity index is 440. The van der Waals surface area contributed by atoms with E-state index in [0.29, 0.717) is 18.1 Å². The first-order chi connectivity index (χ1) is 10.1. The number of ether oxygens (including phenoxy) is 1. The Kier molecular flexibility index (Phi) is 5.97. The molecule has 4 heteroatoms. The molecule has 0 spiro atoms. The van der Waals surface area contributed by atoms with Crippen molar-refractivity contribution in [2.75, 3.05) is 0 Å². The van der Waals surface area contributed by atoms with E-state index in [9.17, 15) is 0 Å². The minimum atomic E-state index is 0.338. The van der Waals surface area contributed by atoms with Gasteiger partial charge in [0.15, 0.2) is 5.75 Å². The lowest BCUT2D eigenvalue weighted by molar-refractivity contribution is 0.151. The third kappa shape index (κ3) is 4.95. The maximum Gasteiger partial charge on any atom is 0.160 e. The average Bonchev–Trinajstić information content (AvgIpc) is 2.47. The predicted octanol–water partition coefficient (Wildman–Crippen LogP) is 3.81. The van der Waals surface area contributed by atoms with Gasteiger partial charge in [0.1, 0.15) is 5.82 Å². The SMILES string of the molecule is CC(C)NCc1nc(C(C)C)ncc1OC1CCCCC1. The molecule has 0 unspecified atom stereocenters. The lowest BCUT2D eigenvalue weighted by atomic mass is 9.98. The summed E-state index contributed by atoms with van der Waals surface area (Å²) >= 11 is 0. The minimum absolute atomic E-state index is 0.338. The molecule has 0 aliphatic heterocycles. The highest BCUT2D eigenvalue weighted by Gasteiger charge is 2.18. The van der Waals surface area contributed by atoms with Crippen LogP contribution >= 0.6 is 0 Å². The van der Waals surface area contributed by atoms with E-state index in [1.54, 1.807) is 0 Å². The highest BCUT2D eigenvalue weighted by Crippen LogP contribution is 2.25. The van der Waals surface area contributed by atoms with Gasteiger partial charge in [-0.1, -0.05) is 34.1 Å². The summed E-state index contributed by atoms with van der Waals surface area (Å²) in [5, 5.41) is 3.44. The molecule has 1 saturated carbocycles. The Morgan fingerprint density at radius 3 is 2.52 bits per heavy atom. The molecule has 21 heavy (non-hydrogen) atoms. The molecule has 1 aromatic heterocycles. The maximum absolute atomic E-state index is 6.19. The highest BCUT2D eigenvalue weighted by molar-refractivity contribution is 5.26. The molecule has 0 amide bonds. The second-order valence-corrected chi connectivity index (χ2v) is 6.61. The molecule has 0 saturated heterocycles. The van der Waals surface area contributed by atoms with E-state index in [0.717, 1.165) is 36.7 Å². The van der Waals surface area contributed by atoms with Gasteiger partial charge in [-0.05, 0) is 25.7 Å². The van der Waals surface area contributed by atoms with Gasteiger partial charge in [0.25, 0.3) is 0 Å². The standard InChI is InChI=1S/C17H29N3O/c1-12(2)17-19-11-16(15(20-17)10-18-13(3)4)21-14-8-6-5-7-9-14/h11-14,18H,5-10H2,1-4H3. The molecule has 1 aliphatic carbocycles. The highest BCUT2D eigenvalue weighted by atomic mass is 16.5. The summed E-state index contributed by atoms with van der Waals surface area (Å²) in [5.74, 6) is 2.09. The predicted molar refractivity (Wildman–Crippen MR) is 85.6 cm³/mol. The topological polar surface area (TPSA) is 47.0 Å². The summed E-state index contributed by atoms with van der Waals surface area (Å²) in [4.78, 5) is 9.18. The molecule has 0 radical (unpaired) electrons. The van der Waals surface area contributed by atoms with E-state index >= 15 is 0 Å². The van der Waals surface area contributed by atoms with Crippen molar-refractivity contribution in [1.82, 2.24) is 15.3 Å². The van der Waals surface area contributed by atoms with Gasteiger partial charge in [0, 0.05) is 18.5 Å². The molecule has 2 rings (SSSR count). The van der Waals surface area contributed by atoms with E-state index in [1.165, 1.54) is 19.3 Å². The van der Waals surface area contributed by atoms with Crippen molar-refractivity contribution in [2.45, 2.75) is 84.4 Å². The molecule has 4 nitrogen and oxygen atoms in total. The Labute approximate surface area is 128 Å². The largest absolute Gasteiger partial charge is 0.487 e. The molecule has 1 aromatic rings. The number of rotatable bonds is 6. The number of hydrogen-bond acceptors (Lipinski definition) is 4. The van der Waals surface area contributed by atoms with Crippen LogP contribution in [0.25, 0.3) is 0 Å². The van der Waals surface area contributed by atoms with Crippen molar-refractivity contribution in [3.05, 3.63) is 17.7 Å². The fourth-order valence-electron chi connectivity index (χ4n) is 2.59. The third-order valence-electron chi connectivity index (χ3n) is 3.89. The first-order valence-corrected chi connectivity index (χ1v) is 8.32. The lowest BCUT2D eigenvalue weighted by Gasteiger charge is -2.24. The van der Waals surface area contributed by atoms with Crippen molar-refractivity contribution in [2.24, 2.45) is 0 Å². The van der Waals surface area contributed by atoms with Crippen molar-refractivity contribution in [3.8, 4) is 5.75 Å². The zero-order valence-corrected chi connectivity index (χ0v) is 13.9. The van der Waals surface area contributed by atoms with Crippen LogP contribution in [0.15, 0.2) is 6.20 Å². The first kappa shape index (κ1) is 16.2. The van der Waals surface area contributed by atoms with Crippen LogP contribution < -0.4 is 10.1 Å². The second kappa shape index (κ2) is 7.74. The summed E-state index contributed by atoms with van der Waals surface area (Å²) in [5.41, 5.74) is 0.993. The van der Waals surface area contributed by atoms with E-state index in [2.05, 4.69) is 38.0 Å². The van der Waals surface area contributed by atoms with E-state index in [-0.39, 0.29) is 0 Å². The summed E-state index contributed by atoms with van der Waals surface area (Å²) in [6, 6.07) is 0.435. The van der Waals surface area contributed by atoms with Crippen molar-refractivity contribution < 1.29 is 4.74 Å². The number of nitrogens with one attached hydrogen (secondary N) is 1. The van der Waals surface area contributed by atoms with Gasteiger partial charge >= 0.3 is 0 Å². The van der Waals surface area contributed by atoms with Crippen LogP contribution in [0.2, 0.25) is 0 Å². The van der Waals surface area contributed by atoms with Crippen molar-refractivity contribution >= 4 is 0 Å². The second-order valence-electron chi connectivity index (χ2n) is 6.61. The third-order valence-corrected chi connectivity index (χ3v) is 3.89. The van der Waals surface area contributed by atoms with Gasteiger partial charge < -0.3 is 10.1 Å². The monoisotopic (exact) mass is 291 g/mol. The normalized spacial score (nSPS) is 16.7. The molecule has 118 valence electrons. The van der Waals surface area contributed by atoms with Crippen molar-refractivity contribution in [3.63, 3.8) is 0 Å².